The summed E-state index contributed by atoms with van der Waals surface area (Å²) >= 11 is 0. The summed E-state index contributed by atoms with van der Waals surface area (Å²) in [4.78, 5) is 0. The highest BCUT2D eigenvalue weighted by Gasteiger charge is 2.37. The Balaban J connectivity index is 2.68. The van der Waals surface area contributed by atoms with Gasteiger partial charge in [0.1, 0.15) is 0 Å². The molecule has 0 fully saturated rings. The standard InChI is InChI=1S/C17H22/c1-6-8-13-9-7-10-14-15(13)17(4,5)12-11-16(14,2)3/h1,7,9-10H,8,11-12H2,2-5H3. The molecule has 17 heavy (non-hydrogen) atoms. The highest BCUT2D eigenvalue weighted by atomic mass is 14.4. The number of hydrogen-bond donors (Lipinski definition) is 0. The second kappa shape index (κ2) is 3.91. The lowest BCUT2D eigenvalue weighted by atomic mass is 9.62. The first-order chi connectivity index (χ1) is 7.88. The summed E-state index contributed by atoms with van der Waals surface area (Å²) in [5.41, 5.74) is 4.91. The van der Waals surface area contributed by atoms with Gasteiger partial charge in [0, 0.05) is 6.42 Å². The van der Waals surface area contributed by atoms with Crippen molar-refractivity contribution in [3.63, 3.8) is 0 Å². The van der Waals surface area contributed by atoms with Gasteiger partial charge in [0.05, 0.1) is 0 Å². The molecule has 0 radical (unpaired) electrons. The second-order valence-electron chi connectivity index (χ2n) is 6.49. The van der Waals surface area contributed by atoms with E-state index in [-0.39, 0.29) is 10.8 Å². The van der Waals surface area contributed by atoms with E-state index in [1.807, 2.05) is 0 Å². The van der Waals surface area contributed by atoms with Gasteiger partial charge < -0.3 is 0 Å². The summed E-state index contributed by atoms with van der Waals surface area (Å²) in [5, 5.41) is 0. The maximum atomic E-state index is 5.50. The molecule has 90 valence electrons. The lowest BCUT2D eigenvalue weighted by molar-refractivity contribution is 0.330. The van der Waals surface area contributed by atoms with E-state index in [0.29, 0.717) is 0 Å². The molecular formula is C17H22. The van der Waals surface area contributed by atoms with Crippen LogP contribution in [0.4, 0.5) is 0 Å². The van der Waals surface area contributed by atoms with Gasteiger partial charge in [-0.2, -0.15) is 0 Å². The van der Waals surface area contributed by atoms with Crippen molar-refractivity contribution in [1.29, 1.82) is 0 Å². The van der Waals surface area contributed by atoms with Gasteiger partial charge in [-0.1, -0.05) is 45.9 Å². The van der Waals surface area contributed by atoms with Gasteiger partial charge >= 0.3 is 0 Å². The third kappa shape index (κ3) is 2.00. The van der Waals surface area contributed by atoms with Gasteiger partial charge in [0.25, 0.3) is 0 Å². The first-order valence-electron chi connectivity index (χ1n) is 6.45. The van der Waals surface area contributed by atoms with Crippen molar-refractivity contribution in [3.05, 3.63) is 34.9 Å². The third-order valence-electron chi connectivity index (χ3n) is 4.22. The second-order valence-corrected chi connectivity index (χ2v) is 6.49. The van der Waals surface area contributed by atoms with Gasteiger partial charge in [-0.05, 0) is 40.4 Å². The minimum absolute atomic E-state index is 0.262. The van der Waals surface area contributed by atoms with Crippen molar-refractivity contribution in [3.8, 4) is 12.3 Å². The zero-order chi connectivity index (χ0) is 12.7. The number of benzene rings is 1. The van der Waals surface area contributed by atoms with Crippen molar-refractivity contribution < 1.29 is 0 Å². The molecule has 0 heterocycles. The van der Waals surface area contributed by atoms with Gasteiger partial charge in [-0.3, -0.25) is 0 Å². The van der Waals surface area contributed by atoms with Crippen molar-refractivity contribution in [2.45, 2.75) is 57.8 Å². The van der Waals surface area contributed by atoms with Crippen LogP contribution in [0.2, 0.25) is 0 Å². The molecule has 0 bridgehead atoms. The number of hydrogen-bond acceptors (Lipinski definition) is 0. The summed E-state index contributed by atoms with van der Waals surface area (Å²) in [7, 11) is 0. The summed E-state index contributed by atoms with van der Waals surface area (Å²) in [6.07, 6.45) is 8.75. The normalized spacial score (nSPS) is 20.4. The molecule has 1 aliphatic carbocycles. The molecule has 0 N–H and O–H groups in total. The van der Waals surface area contributed by atoms with Gasteiger partial charge in [0.2, 0.25) is 0 Å². The van der Waals surface area contributed by atoms with Crippen LogP contribution in [0.15, 0.2) is 18.2 Å². The fourth-order valence-corrected chi connectivity index (χ4v) is 3.11. The summed E-state index contributed by atoms with van der Waals surface area (Å²) < 4.78 is 0. The largest absolute Gasteiger partial charge is 0.120 e. The van der Waals surface area contributed by atoms with Crippen LogP contribution in [0.1, 0.15) is 57.2 Å². The molecule has 0 amide bonds. The van der Waals surface area contributed by atoms with E-state index in [2.05, 4.69) is 51.8 Å². The molecule has 1 aliphatic rings. The average Bonchev–Trinajstić information content (AvgIpc) is 2.25. The zero-order valence-electron chi connectivity index (χ0n) is 11.4. The number of fused-ring (bicyclic) bond motifs is 1. The number of terminal acetylenes is 1. The van der Waals surface area contributed by atoms with Crippen LogP contribution in [-0.4, -0.2) is 0 Å². The highest BCUT2D eigenvalue weighted by Crippen LogP contribution is 2.46. The zero-order valence-corrected chi connectivity index (χ0v) is 11.4. The Morgan fingerprint density at radius 3 is 2.41 bits per heavy atom. The first kappa shape index (κ1) is 12.2. The van der Waals surface area contributed by atoms with Crippen LogP contribution in [-0.2, 0) is 17.3 Å². The Hall–Kier alpha value is -1.22. The minimum Gasteiger partial charge on any atom is -0.120 e. The first-order valence-corrected chi connectivity index (χ1v) is 6.45. The predicted octanol–water partition coefficient (Wildman–Crippen LogP) is 4.21. The Labute approximate surface area is 105 Å². The van der Waals surface area contributed by atoms with Crippen molar-refractivity contribution in [1.82, 2.24) is 0 Å². The van der Waals surface area contributed by atoms with Crippen LogP contribution < -0.4 is 0 Å². The van der Waals surface area contributed by atoms with Crippen LogP contribution in [0.3, 0.4) is 0 Å². The Morgan fingerprint density at radius 1 is 1.12 bits per heavy atom. The SMILES string of the molecule is C#CCc1cccc2c1C(C)(C)CCC2(C)C. The van der Waals surface area contributed by atoms with E-state index in [1.165, 1.54) is 29.5 Å². The molecule has 0 saturated heterocycles. The van der Waals surface area contributed by atoms with E-state index >= 15 is 0 Å². The molecule has 0 atom stereocenters. The number of rotatable bonds is 1. The molecule has 2 rings (SSSR count). The Kier molecular flexibility index (Phi) is 2.82. The molecule has 0 saturated carbocycles. The van der Waals surface area contributed by atoms with E-state index in [4.69, 9.17) is 6.42 Å². The summed E-state index contributed by atoms with van der Waals surface area (Å²) in [5.74, 6) is 2.80. The Bertz CT molecular complexity index is 469. The lowest BCUT2D eigenvalue weighted by Gasteiger charge is -2.43. The molecule has 0 unspecified atom stereocenters. The summed E-state index contributed by atoms with van der Waals surface area (Å²) in [6.45, 7) is 9.39. The van der Waals surface area contributed by atoms with Crippen LogP contribution in [0.5, 0.6) is 0 Å². The molecule has 0 aromatic heterocycles. The topological polar surface area (TPSA) is 0 Å². The fourth-order valence-electron chi connectivity index (χ4n) is 3.11. The smallest absolute Gasteiger partial charge is 0.0340 e. The monoisotopic (exact) mass is 226 g/mol. The third-order valence-corrected chi connectivity index (χ3v) is 4.22. The van der Waals surface area contributed by atoms with Crippen molar-refractivity contribution in [2.24, 2.45) is 0 Å². The molecule has 1 aromatic carbocycles. The van der Waals surface area contributed by atoms with Gasteiger partial charge in [0.15, 0.2) is 0 Å². The van der Waals surface area contributed by atoms with E-state index in [0.717, 1.165) is 6.42 Å². The maximum absolute atomic E-state index is 5.50. The van der Waals surface area contributed by atoms with Crippen LogP contribution in [0.25, 0.3) is 0 Å². The molecule has 0 heteroatoms. The predicted molar refractivity (Wildman–Crippen MR) is 74.3 cm³/mol. The molecular weight excluding hydrogens is 204 g/mol. The highest BCUT2D eigenvalue weighted by molar-refractivity contribution is 5.47. The quantitative estimate of drug-likeness (QED) is 0.629. The van der Waals surface area contributed by atoms with E-state index in [1.54, 1.807) is 0 Å². The van der Waals surface area contributed by atoms with E-state index < -0.39 is 0 Å². The molecule has 1 aromatic rings. The van der Waals surface area contributed by atoms with Crippen molar-refractivity contribution in [2.75, 3.05) is 0 Å². The van der Waals surface area contributed by atoms with Crippen LogP contribution >= 0.6 is 0 Å². The average molecular weight is 226 g/mol. The molecule has 0 nitrogen and oxygen atoms in total. The maximum Gasteiger partial charge on any atom is 0.0340 e. The molecule has 0 aliphatic heterocycles. The van der Waals surface area contributed by atoms with Gasteiger partial charge in [-0.15, -0.1) is 12.3 Å². The Morgan fingerprint density at radius 2 is 1.76 bits per heavy atom. The lowest BCUT2D eigenvalue weighted by Crippen LogP contribution is -2.34. The van der Waals surface area contributed by atoms with Gasteiger partial charge in [-0.25, -0.2) is 0 Å². The molecule has 0 spiro atoms. The van der Waals surface area contributed by atoms with Crippen LogP contribution in [0, 0.1) is 12.3 Å². The van der Waals surface area contributed by atoms with Crippen molar-refractivity contribution >= 4 is 0 Å². The fraction of sp³-hybridized carbons (Fsp3) is 0.529. The minimum atomic E-state index is 0.262. The van der Waals surface area contributed by atoms with E-state index in [9.17, 15) is 0 Å². The summed E-state index contributed by atoms with van der Waals surface area (Å²) in [6, 6.07) is 6.65.